The number of amides is 1. The fourth-order valence-corrected chi connectivity index (χ4v) is 2.97. The van der Waals surface area contributed by atoms with E-state index in [1.54, 1.807) is 25.1 Å². The summed E-state index contributed by atoms with van der Waals surface area (Å²) in [6.07, 6.45) is 1.77. The number of anilines is 1. The first-order valence-electron chi connectivity index (χ1n) is 7.50. The molecule has 1 amide bonds. The smallest absolute Gasteiger partial charge is 0.270 e. The van der Waals surface area contributed by atoms with Crippen molar-refractivity contribution in [2.75, 3.05) is 25.5 Å². The van der Waals surface area contributed by atoms with Crippen LogP contribution in [0.2, 0.25) is 0 Å². The number of carbonyl (C=O) groups excluding carboxylic acids is 1. The summed E-state index contributed by atoms with van der Waals surface area (Å²) in [5.74, 6) is 0.817. The van der Waals surface area contributed by atoms with Crippen LogP contribution in [0.1, 0.15) is 12.8 Å². The number of fused-ring (bicyclic) bond motifs is 1. The Labute approximate surface area is 133 Å². The van der Waals surface area contributed by atoms with Gasteiger partial charge in [0.2, 0.25) is 5.91 Å². The van der Waals surface area contributed by atoms with Crippen molar-refractivity contribution in [3.05, 3.63) is 40.4 Å². The molecule has 0 saturated carbocycles. The number of carbonyl (C=O) groups is 1. The van der Waals surface area contributed by atoms with E-state index in [4.69, 9.17) is 0 Å². The lowest BCUT2D eigenvalue weighted by Crippen LogP contribution is -2.43. The highest BCUT2D eigenvalue weighted by Crippen LogP contribution is 2.28. The van der Waals surface area contributed by atoms with Crippen LogP contribution in [-0.4, -0.2) is 47.4 Å². The van der Waals surface area contributed by atoms with Gasteiger partial charge in [0.05, 0.1) is 10.4 Å². The van der Waals surface area contributed by atoms with Crippen molar-refractivity contribution in [3.63, 3.8) is 0 Å². The molecule has 1 aromatic heterocycles. The maximum atomic E-state index is 12.3. The van der Waals surface area contributed by atoms with Gasteiger partial charge in [-0.1, -0.05) is 0 Å². The van der Waals surface area contributed by atoms with Crippen LogP contribution >= 0.6 is 0 Å². The average molecular weight is 314 g/mol. The van der Waals surface area contributed by atoms with Gasteiger partial charge in [0, 0.05) is 38.2 Å². The molecule has 3 rings (SSSR count). The maximum Gasteiger partial charge on any atom is 0.270 e. The zero-order valence-corrected chi connectivity index (χ0v) is 13.1. The van der Waals surface area contributed by atoms with Gasteiger partial charge >= 0.3 is 0 Å². The van der Waals surface area contributed by atoms with Crippen LogP contribution in [0, 0.1) is 10.1 Å². The van der Waals surface area contributed by atoms with Gasteiger partial charge in [-0.3, -0.25) is 14.9 Å². The van der Waals surface area contributed by atoms with Gasteiger partial charge in [-0.05, 0) is 31.0 Å². The van der Waals surface area contributed by atoms with Crippen LogP contribution in [0.4, 0.5) is 11.5 Å². The molecule has 1 saturated heterocycles. The van der Waals surface area contributed by atoms with E-state index in [0.29, 0.717) is 5.52 Å². The minimum absolute atomic E-state index is 0.0499. The number of hydrogen-bond acceptors (Lipinski definition) is 5. The van der Waals surface area contributed by atoms with Crippen LogP contribution in [0.3, 0.4) is 0 Å². The van der Waals surface area contributed by atoms with Crippen LogP contribution in [0.25, 0.3) is 10.9 Å². The quantitative estimate of drug-likeness (QED) is 0.641. The minimum atomic E-state index is -0.417. The van der Waals surface area contributed by atoms with Crippen molar-refractivity contribution in [1.29, 1.82) is 0 Å². The van der Waals surface area contributed by atoms with Crippen LogP contribution in [0.15, 0.2) is 30.3 Å². The topological polar surface area (TPSA) is 79.6 Å². The second-order valence-electron chi connectivity index (χ2n) is 5.89. The first-order valence-corrected chi connectivity index (χ1v) is 7.50. The van der Waals surface area contributed by atoms with E-state index in [1.165, 1.54) is 12.1 Å². The molecule has 0 unspecified atom stereocenters. The molecule has 1 aliphatic heterocycles. The summed E-state index contributed by atoms with van der Waals surface area (Å²) in [7, 11) is 3.51. The molecule has 1 atom stereocenters. The number of pyridine rings is 1. The SMILES string of the molecule is CN(C)C(=O)[C@@H]1CCCN1c1ccc2cc([N+](=O)[O-])ccc2n1. The Kier molecular flexibility index (Phi) is 3.85. The first kappa shape index (κ1) is 15.2. The molecule has 0 radical (unpaired) electrons. The van der Waals surface area contributed by atoms with E-state index in [-0.39, 0.29) is 17.6 Å². The molecule has 0 bridgehead atoms. The second kappa shape index (κ2) is 5.83. The number of nitro groups is 1. The van der Waals surface area contributed by atoms with Crippen LogP contribution in [-0.2, 0) is 4.79 Å². The van der Waals surface area contributed by atoms with Gasteiger partial charge in [-0.25, -0.2) is 4.98 Å². The molecule has 2 heterocycles. The highest BCUT2D eigenvalue weighted by molar-refractivity contribution is 5.87. The maximum absolute atomic E-state index is 12.3. The number of non-ortho nitro benzene ring substituents is 1. The van der Waals surface area contributed by atoms with Crippen molar-refractivity contribution in [3.8, 4) is 0 Å². The third kappa shape index (κ3) is 2.81. The number of nitrogens with zero attached hydrogens (tertiary/aromatic N) is 4. The second-order valence-corrected chi connectivity index (χ2v) is 5.89. The summed E-state index contributed by atoms with van der Waals surface area (Å²) in [6.45, 7) is 0.787. The van der Waals surface area contributed by atoms with E-state index < -0.39 is 4.92 Å². The summed E-state index contributed by atoms with van der Waals surface area (Å²) in [5.41, 5.74) is 0.741. The predicted octanol–water partition coefficient (Wildman–Crippen LogP) is 2.20. The Bertz CT molecular complexity index is 775. The van der Waals surface area contributed by atoms with Crippen LogP contribution in [0.5, 0.6) is 0 Å². The molecule has 1 aliphatic rings. The summed E-state index contributed by atoms with van der Waals surface area (Å²) >= 11 is 0. The Morgan fingerprint density at radius 3 is 2.83 bits per heavy atom. The molecule has 120 valence electrons. The van der Waals surface area contributed by atoms with E-state index in [2.05, 4.69) is 4.98 Å². The lowest BCUT2D eigenvalue weighted by molar-refractivity contribution is -0.384. The van der Waals surface area contributed by atoms with Crippen molar-refractivity contribution in [1.82, 2.24) is 9.88 Å². The van der Waals surface area contributed by atoms with Gasteiger partial charge in [-0.15, -0.1) is 0 Å². The van der Waals surface area contributed by atoms with Crippen molar-refractivity contribution < 1.29 is 9.72 Å². The number of likely N-dealkylation sites (N-methyl/N-ethyl adjacent to an activating group) is 1. The number of rotatable bonds is 3. The zero-order chi connectivity index (χ0) is 16.6. The van der Waals surface area contributed by atoms with Gasteiger partial charge < -0.3 is 9.80 Å². The molecule has 2 aromatic rings. The average Bonchev–Trinajstić information content (AvgIpc) is 3.02. The highest BCUT2D eigenvalue weighted by Gasteiger charge is 2.32. The summed E-state index contributed by atoms with van der Waals surface area (Å²) in [5, 5.41) is 11.6. The molecular weight excluding hydrogens is 296 g/mol. The minimum Gasteiger partial charge on any atom is -0.347 e. The molecule has 0 aliphatic carbocycles. The lowest BCUT2D eigenvalue weighted by Gasteiger charge is -2.27. The van der Waals surface area contributed by atoms with E-state index in [9.17, 15) is 14.9 Å². The molecule has 1 aromatic carbocycles. The first-order chi connectivity index (χ1) is 11.0. The molecule has 7 nitrogen and oxygen atoms in total. The molecule has 1 fully saturated rings. The van der Waals surface area contributed by atoms with Crippen molar-refractivity contribution in [2.45, 2.75) is 18.9 Å². The highest BCUT2D eigenvalue weighted by atomic mass is 16.6. The third-order valence-electron chi connectivity index (χ3n) is 4.14. The zero-order valence-electron chi connectivity index (χ0n) is 13.1. The Hall–Kier alpha value is -2.70. The third-order valence-corrected chi connectivity index (χ3v) is 4.14. The summed E-state index contributed by atoms with van der Waals surface area (Å²) < 4.78 is 0. The standard InChI is InChI=1S/C16H18N4O3/c1-18(2)16(21)14-4-3-9-19(14)15-8-5-11-10-12(20(22)23)6-7-13(11)17-15/h5-8,10,14H,3-4,9H2,1-2H3/t14-/m0/s1. The monoisotopic (exact) mass is 314 g/mol. The normalized spacial score (nSPS) is 17.5. The fraction of sp³-hybridized carbons (Fsp3) is 0.375. The van der Waals surface area contributed by atoms with Crippen molar-refractivity contribution >= 4 is 28.3 Å². The Morgan fingerprint density at radius 2 is 2.13 bits per heavy atom. The lowest BCUT2D eigenvalue weighted by atomic mass is 10.1. The number of benzene rings is 1. The number of nitro benzene ring substituents is 1. The summed E-state index contributed by atoms with van der Waals surface area (Å²) in [4.78, 5) is 30.9. The van der Waals surface area contributed by atoms with Crippen LogP contribution < -0.4 is 4.90 Å². The van der Waals surface area contributed by atoms with Gasteiger partial charge in [-0.2, -0.15) is 0 Å². The van der Waals surface area contributed by atoms with Crippen molar-refractivity contribution in [2.24, 2.45) is 0 Å². The molecule has 0 N–H and O–H groups in total. The summed E-state index contributed by atoms with van der Waals surface area (Å²) in [6, 6.07) is 8.07. The van der Waals surface area contributed by atoms with E-state index in [1.807, 2.05) is 17.0 Å². The largest absolute Gasteiger partial charge is 0.347 e. The van der Waals surface area contributed by atoms with E-state index in [0.717, 1.165) is 30.6 Å². The fourth-order valence-electron chi connectivity index (χ4n) is 2.97. The molecule has 0 spiro atoms. The van der Waals surface area contributed by atoms with Gasteiger partial charge in [0.1, 0.15) is 11.9 Å². The molecular formula is C16H18N4O3. The van der Waals surface area contributed by atoms with Gasteiger partial charge in [0.15, 0.2) is 0 Å². The Balaban J connectivity index is 1.95. The number of hydrogen-bond donors (Lipinski definition) is 0. The van der Waals surface area contributed by atoms with E-state index >= 15 is 0 Å². The Morgan fingerprint density at radius 1 is 1.35 bits per heavy atom. The molecule has 7 heteroatoms. The van der Waals surface area contributed by atoms with Gasteiger partial charge in [0.25, 0.3) is 5.69 Å². The predicted molar refractivity (Wildman–Crippen MR) is 87.5 cm³/mol. The number of aromatic nitrogens is 1. The molecule has 23 heavy (non-hydrogen) atoms.